The Labute approximate surface area is 148 Å². The largest absolute Gasteiger partial charge is 0.388 e. The SMILES string of the molecule is Cc1cc(NC(=O)NC[C@H](CN(C)C)[C@@H](O)c2ccccc2)n(C)n1. The Hall–Kier alpha value is -2.38. The molecule has 0 saturated heterocycles. The number of hydrogen-bond donors (Lipinski definition) is 3. The molecular weight excluding hydrogens is 318 g/mol. The third-order valence-electron chi connectivity index (χ3n) is 3.96. The first-order chi connectivity index (χ1) is 11.9. The van der Waals surface area contributed by atoms with Crippen LogP contribution >= 0.6 is 0 Å². The van der Waals surface area contributed by atoms with E-state index in [1.165, 1.54) is 0 Å². The normalized spacial score (nSPS) is 13.5. The molecular formula is C18H27N5O2. The number of nitrogens with one attached hydrogen (secondary N) is 2. The summed E-state index contributed by atoms with van der Waals surface area (Å²) in [6, 6.07) is 11.0. The van der Waals surface area contributed by atoms with Crippen LogP contribution in [0.1, 0.15) is 17.4 Å². The first kappa shape index (κ1) is 19.0. The van der Waals surface area contributed by atoms with E-state index in [9.17, 15) is 9.90 Å². The lowest BCUT2D eigenvalue weighted by atomic mass is 9.95. The summed E-state index contributed by atoms with van der Waals surface area (Å²) in [7, 11) is 5.67. The van der Waals surface area contributed by atoms with Gasteiger partial charge < -0.3 is 15.3 Å². The summed E-state index contributed by atoms with van der Waals surface area (Å²) >= 11 is 0. The Morgan fingerprint density at radius 3 is 2.56 bits per heavy atom. The highest BCUT2D eigenvalue weighted by molar-refractivity contribution is 5.88. The zero-order chi connectivity index (χ0) is 18.4. The second-order valence-electron chi connectivity index (χ2n) is 6.51. The molecule has 2 amide bonds. The fourth-order valence-electron chi connectivity index (χ4n) is 2.78. The van der Waals surface area contributed by atoms with E-state index in [4.69, 9.17) is 0 Å². The Balaban J connectivity index is 1.97. The molecule has 1 aromatic heterocycles. The van der Waals surface area contributed by atoms with E-state index >= 15 is 0 Å². The number of aliphatic hydroxyl groups is 1. The highest BCUT2D eigenvalue weighted by Crippen LogP contribution is 2.22. The van der Waals surface area contributed by atoms with E-state index in [-0.39, 0.29) is 11.9 Å². The predicted octanol–water partition coefficient (Wildman–Crippen LogP) is 1.76. The molecule has 136 valence electrons. The van der Waals surface area contributed by atoms with Gasteiger partial charge >= 0.3 is 6.03 Å². The minimum absolute atomic E-state index is 0.128. The average Bonchev–Trinajstić information content (AvgIpc) is 2.88. The number of anilines is 1. The minimum atomic E-state index is -0.650. The average molecular weight is 345 g/mol. The monoisotopic (exact) mass is 345 g/mol. The lowest BCUT2D eigenvalue weighted by molar-refractivity contribution is 0.0911. The number of urea groups is 1. The van der Waals surface area contributed by atoms with Gasteiger partial charge in [0.05, 0.1) is 11.8 Å². The van der Waals surface area contributed by atoms with Gasteiger partial charge in [-0.05, 0) is 26.6 Å². The summed E-state index contributed by atoms with van der Waals surface area (Å²) < 4.78 is 1.62. The Morgan fingerprint density at radius 2 is 2.00 bits per heavy atom. The Morgan fingerprint density at radius 1 is 1.32 bits per heavy atom. The van der Waals surface area contributed by atoms with Crippen LogP contribution in [0.4, 0.5) is 10.6 Å². The van der Waals surface area contributed by atoms with Crippen LogP contribution in [0.2, 0.25) is 0 Å². The summed E-state index contributed by atoms with van der Waals surface area (Å²) in [5.41, 5.74) is 1.68. The number of aromatic nitrogens is 2. The van der Waals surface area contributed by atoms with E-state index in [2.05, 4.69) is 15.7 Å². The molecule has 25 heavy (non-hydrogen) atoms. The van der Waals surface area contributed by atoms with Crippen LogP contribution < -0.4 is 10.6 Å². The van der Waals surface area contributed by atoms with Crippen molar-refractivity contribution in [1.82, 2.24) is 20.0 Å². The van der Waals surface area contributed by atoms with Crippen LogP contribution in [0.15, 0.2) is 36.4 Å². The first-order valence-electron chi connectivity index (χ1n) is 8.30. The van der Waals surface area contributed by atoms with Crippen molar-refractivity contribution in [3.63, 3.8) is 0 Å². The van der Waals surface area contributed by atoms with Crippen LogP contribution in [0.5, 0.6) is 0 Å². The maximum atomic E-state index is 12.2. The number of benzene rings is 1. The van der Waals surface area contributed by atoms with Gasteiger partial charge in [-0.25, -0.2) is 4.79 Å². The van der Waals surface area contributed by atoms with Crippen LogP contribution in [0.25, 0.3) is 0 Å². The standard InChI is InChI=1S/C18H27N5O2/c1-13-10-16(23(4)21-13)20-18(25)19-11-15(12-22(2)3)17(24)14-8-6-5-7-9-14/h5-10,15,17,24H,11-12H2,1-4H3,(H2,19,20,25)/t15-,17+/m1/s1. The smallest absolute Gasteiger partial charge is 0.320 e. The molecule has 0 radical (unpaired) electrons. The lowest BCUT2D eigenvalue weighted by Gasteiger charge is -2.26. The van der Waals surface area contributed by atoms with Crippen molar-refractivity contribution in [2.45, 2.75) is 13.0 Å². The van der Waals surface area contributed by atoms with Gasteiger partial charge in [-0.1, -0.05) is 30.3 Å². The van der Waals surface area contributed by atoms with Gasteiger partial charge in [-0.2, -0.15) is 5.10 Å². The van der Waals surface area contributed by atoms with E-state index in [0.717, 1.165) is 11.3 Å². The van der Waals surface area contributed by atoms with Gasteiger partial charge in [0.2, 0.25) is 0 Å². The number of nitrogens with zero attached hydrogens (tertiary/aromatic N) is 3. The van der Waals surface area contributed by atoms with Gasteiger partial charge in [0.25, 0.3) is 0 Å². The van der Waals surface area contributed by atoms with Crippen LogP contribution in [0, 0.1) is 12.8 Å². The first-order valence-corrected chi connectivity index (χ1v) is 8.30. The lowest BCUT2D eigenvalue weighted by Crippen LogP contribution is -2.39. The molecule has 0 fully saturated rings. The molecule has 7 heteroatoms. The number of aliphatic hydroxyl groups excluding tert-OH is 1. The summed E-state index contributed by atoms with van der Waals surface area (Å²) in [5, 5.41) is 20.5. The molecule has 0 aliphatic heterocycles. The van der Waals surface area contributed by atoms with E-state index in [1.54, 1.807) is 17.8 Å². The highest BCUT2D eigenvalue weighted by Gasteiger charge is 2.22. The maximum absolute atomic E-state index is 12.2. The number of rotatable bonds is 7. The molecule has 0 unspecified atom stereocenters. The fraction of sp³-hybridized carbons (Fsp3) is 0.444. The van der Waals surface area contributed by atoms with Crippen LogP contribution in [-0.2, 0) is 7.05 Å². The van der Waals surface area contributed by atoms with Crippen LogP contribution in [0.3, 0.4) is 0 Å². The van der Waals surface area contributed by atoms with Crippen molar-refractivity contribution in [2.24, 2.45) is 13.0 Å². The summed E-state index contributed by atoms with van der Waals surface area (Å²) in [6.07, 6.45) is -0.650. The number of hydrogen-bond acceptors (Lipinski definition) is 4. The molecule has 0 bridgehead atoms. The maximum Gasteiger partial charge on any atom is 0.320 e. The van der Waals surface area contributed by atoms with E-state index in [0.29, 0.717) is 18.9 Å². The number of carbonyl (C=O) groups is 1. The second-order valence-corrected chi connectivity index (χ2v) is 6.51. The third-order valence-corrected chi connectivity index (χ3v) is 3.96. The number of aryl methyl sites for hydroxylation is 2. The minimum Gasteiger partial charge on any atom is -0.388 e. The summed E-state index contributed by atoms with van der Waals surface area (Å²) in [4.78, 5) is 14.2. The summed E-state index contributed by atoms with van der Waals surface area (Å²) in [6.45, 7) is 2.88. The van der Waals surface area contributed by atoms with Gasteiger partial charge in [-0.15, -0.1) is 0 Å². The molecule has 1 heterocycles. The van der Waals surface area contributed by atoms with Crippen LogP contribution in [-0.4, -0.2) is 53.0 Å². The van der Waals surface area contributed by atoms with E-state index < -0.39 is 6.10 Å². The van der Waals surface area contributed by atoms with Gasteiger partial charge in [-0.3, -0.25) is 10.00 Å². The highest BCUT2D eigenvalue weighted by atomic mass is 16.3. The molecule has 0 aliphatic rings. The topological polar surface area (TPSA) is 82.4 Å². The van der Waals surface area contributed by atoms with Crippen molar-refractivity contribution < 1.29 is 9.90 Å². The van der Waals surface area contributed by atoms with Crippen molar-refractivity contribution in [1.29, 1.82) is 0 Å². The molecule has 2 aromatic rings. The third kappa shape index (κ3) is 5.58. The van der Waals surface area contributed by atoms with Gasteiger partial charge in [0.1, 0.15) is 5.82 Å². The molecule has 1 aromatic carbocycles. The molecule has 2 rings (SSSR count). The van der Waals surface area contributed by atoms with Gasteiger partial charge in [0.15, 0.2) is 0 Å². The second kappa shape index (κ2) is 8.64. The quantitative estimate of drug-likeness (QED) is 0.714. The van der Waals surface area contributed by atoms with E-state index in [1.807, 2.05) is 56.3 Å². The van der Waals surface area contributed by atoms with Crippen molar-refractivity contribution in [2.75, 3.05) is 32.5 Å². The fourth-order valence-corrected chi connectivity index (χ4v) is 2.78. The number of carbonyl (C=O) groups excluding carboxylic acids is 1. The Bertz CT molecular complexity index is 684. The summed E-state index contributed by atoms with van der Waals surface area (Å²) in [5.74, 6) is 0.499. The van der Waals surface area contributed by atoms with Crippen molar-refractivity contribution >= 4 is 11.8 Å². The van der Waals surface area contributed by atoms with Crippen molar-refractivity contribution in [3.8, 4) is 0 Å². The molecule has 0 aliphatic carbocycles. The molecule has 0 saturated carbocycles. The molecule has 3 N–H and O–H groups in total. The van der Waals surface area contributed by atoms with Crippen molar-refractivity contribution in [3.05, 3.63) is 47.7 Å². The zero-order valence-corrected chi connectivity index (χ0v) is 15.2. The number of amides is 2. The molecule has 7 nitrogen and oxygen atoms in total. The Kier molecular flexibility index (Phi) is 6.55. The molecule has 2 atom stereocenters. The predicted molar refractivity (Wildman–Crippen MR) is 98.4 cm³/mol. The van der Waals surface area contributed by atoms with Gasteiger partial charge in [0, 0.05) is 32.1 Å². The molecule has 0 spiro atoms. The zero-order valence-electron chi connectivity index (χ0n) is 15.2.